The van der Waals surface area contributed by atoms with E-state index >= 15 is 0 Å². The van der Waals surface area contributed by atoms with Crippen LogP contribution in [0.3, 0.4) is 0 Å². The molecule has 144 valence electrons. The molecule has 1 amide bonds. The number of unbranched alkanes of at least 4 members (excludes halogenated alkanes) is 1. The van der Waals surface area contributed by atoms with Crippen molar-refractivity contribution in [3.63, 3.8) is 0 Å². The number of carbonyl (C=O) groups excluding carboxylic acids is 1. The number of carbonyl (C=O) groups is 1. The summed E-state index contributed by atoms with van der Waals surface area (Å²) in [7, 11) is 0. The molecule has 0 spiro atoms. The highest BCUT2D eigenvalue weighted by Gasteiger charge is 2.28. The molecule has 7 nitrogen and oxygen atoms in total. The fraction of sp³-hybridized carbons (Fsp3) is 0.579. The van der Waals surface area contributed by atoms with Crippen LogP contribution in [0.25, 0.3) is 0 Å². The molecule has 1 saturated heterocycles. The summed E-state index contributed by atoms with van der Waals surface area (Å²) in [6.45, 7) is 5.86. The number of amides is 1. The van der Waals surface area contributed by atoms with Gasteiger partial charge in [-0.25, -0.2) is 9.97 Å². The highest BCUT2D eigenvalue weighted by Crippen LogP contribution is 2.27. The summed E-state index contributed by atoms with van der Waals surface area (Å²) in [6.07, 6.45) is 4.49. The minimum absolute atomic E-state index is 0.0254. The van der Waals surface area contributed by atoms with Gasteiger partial charge in [-0.05, 0) is 39.0 Å². The van der Waals surface area contributed by atoms with Gasteiger partial charge >= 0.3 is 0 Å². The van der Waals surface area contributed by atoms with Gasteiger partial charge in [0.2, 0.25) is 17.5 Å². The average molecular weight is 388 g/mol. The van der Waals surface area contributed by atoms with Gasteiger partial charge in [0.1, 0.15) is 6.07 Å². The van der Waals surface area contributed by atoms with Gasteiger partial charge in [-0.2, -0.15) is 5.26 Å². The minimum atomic E-state index is 0.0254. The van der Waals surface area contributed by atoms with Crippen LogP contribution in [0.2, 0.25) is 0 Å². The Morgan fingerprint density at radius 2 is 2.15 bits per heavy atom. The number of thiazole rings is 1. The van der Waals surface area contributed by atoms with Gasteiger partial charge < -0.3 is 14.6 Å². The van der Waals surface area contributed by atoms with Gasteiger partial charge in [-0.3, -0.25) is 4.79 Å². The Morgan fingerprint density at radius 1 is 1.37 bits per heavy atom. The van der Waals surface area contributed by atoms with Crippen LogP contribution in [0.5, 0.6) is 0 Å². The molecule has 2 aromatic rings. The number of oxazole rings is 1. The van der Waals surface area contributed by atoms with E-state index in [4.69, 9.17) is 9.68 Å². The van der Waals surface area contributed by atoms with Crippen molar-refractivity contribution in [1.29, 1.82) is 5.26 Å². The van der Waals surface area contributed by atoms with E-state index in [0.29, 0.717) is 37.1 Å². The molecule has 1 N–H and O–H groups in total. The molecule has 3 heterocycles. The summed E-state index contributed by atoms with van der Waals surface area (Å²) in [5.41, 5.74) is 1.41. The van der Waals surface area contributed by atoms with Crippen LogP contribution in [0.4, 0.5) is 5.88 Å². The predicted molar refractivity (Wildman–Crippen MR) is 104 cm³/mol. The molecule has 0 aromatic carbocycles. The Hall–Kier alpha value is -2.40. The van der Waals surface area contributed by atoms with Gasteiger partial charge in [0.05, 0.1) is 5.01 Å². The molecule has 1 aliphatic heterocycles. The van der Waals surface area contributed by atoms with Crippen molar-refractivity contribution in [2.24, 2.45) is 5.92 Å². The lowest BCUT2D eigenvalue weighted by atomic mass is 9.96. The topological polar surface area (TPSA) is 95.0 Å². The molecule has 0 unspecified atom stereocenters. The first-order valence-electron chi connectivity index (χ1n) is 9.38. The number of hydrogen-bond acceptors (Lipinski definition) is 7. The maximum Gasteiger partial charge on any atom is 0.234 e. The van der Waals surface area contributed by atoms with Crippen LogP contribution in [0.15, 0.2) is 9.80 Å². The fourth-order valence-electron chi connectivity index (χ4n) is 3.32. The van der Waals surface area contributed by atoms with Crippen molar-refractivity contribution < 1.29 is 9.21 Å². The molecular formula is C19H25N5O2S. The number of hydrogen-bond donors (Lipinski definition) is 1. The fourth-order valence-corrected chi connectivity index (χ4v) is 4.14. The number of aryl methyl sites for hydroxylation is 3. The highest BCUT2D eigenvalue weighted by atomic mass is 32.1. The van der Waals surface area contributed by atoms with E-state index in [2.05, 4.69) is 26.7 Å². The molecule has 0 atom stereocenters. The maximum atomic E-state index is 12.4. The third kappa shape index (κ3) is 5.07. The number of anilines is 1. The largest absolute Gasteiger partial charge is 0.424 e. The van der Waals surface area contributed by atoms with E-state index in [1.165, 1.54) is 5.01 Å². The van der Waals surface area contributed by atoms with Crippen molar-refractivity contribution >= 4 is 23.1 Å². The van der Waals surface area contributed by atoms with Crippen LogP contribution < -0.4 is 10.2 Å². The third-order valence-corrected chi connectivity index (χ3v) is 5.78. The first kappa shape index (κ1) is 19.4. The molecule has 1 aliphatic rings. The molecule has 0 radical (unpaired) electrons. The van der Waals surface area contributed by atoms with Gasteiger partial charge in [0.25, 0.3) is 0 Å². The predicted octanol–water partition coefficient (Wildman–Crippen LogP) is 2.98. The molecular weight excluding hydrogens is 362 g/mol. The zero-order valence-corrected chi connectivity index (χ0v) is 16.6. The van der Waals surface area contributed by atoms with Crippen LogP contribution in [0, 0.1) is 31.1 Å². The second-order valence-corrected chi connectivity index (χ2v) is 7.83. The van der Waals surface area contributed by atoms with E-state index in [0.717, 1.165) is 37.8 Å². The number of piperidine rings is 1. The Morgan fingerprint density at radius 3 is 2.81 bits per heavy atom. The van der Waals surface area contributed by atoms with Crippen molar-refractivity contribution in [3.8, 4) is 6.07 Å². The van der Waals surface area contributed by atoms with Crippen LogP contribution >= 0.6 is 11.3 Å². The van der Waals surface area contributed by atoms with E-state index in [1.54, 1.807) is 18.3 Å². The lowest BCUT2D eigenvalue weighted by Gasteiger charge is -2.31. The molecule has 2 aromatic heterocycles. The minimum Gasteiger partial charge on any atom is -0.424 e. The SMILES string of the molecule is Cc1csc(CCCCNC(=O)C2CCN(c3oc(C)nc3C#N)CC2)n1. The van der Waals surface area contributed by atoms with Crippen LogP contribution in [0.1, 0.15) is 48.0 Å². The van der Waals surface area contributed by atoms with E-state index in [1.807, 2.05) is 11.8 Å². The Labute approximate surface area is 163 Å². The third-order valence-electron chi connectivity index (χ3n) is 4.76. The first-order valence-corrected chi connectivity index (χ1v) is 10.3. The standard InChI is InChI=1S/C19H25N5O2S/c1-13-12-27-17(22-13)5-3-4-8-21-18(25)15-6-9-24(10-7-15)19-16(11-20)23-14(2)26-19/h12,15H,3-10H2,1-2H3,(H,21,25). The van der Waals surface area contributed by atoms with Crippen molar-refractivity contribution in [1.82, 2.24) is 15.3 Å². The first-order chi connectivity index (χ1) is 13.1. The van der Waals surface area contributed by atoms with Gasteiger partial charge in [0.15, 0.2) is 5.89 Å². The highest BCUT2D eigenvalue weighted by molar-refractivity contribution is 7.09. The van der Waals surface area contributed by atoms with E-state index in [9.17, 15) is 4.79 Å². The monoisotopic (exact) mass is 387 g/mol. The summed E-state index contributed by atoms with van der Waals surface area (Å²) in [4.78, 5) is 22.9. The van der Waals surface area contributed by atoms with Crippen molar-refractivity contribution in [3.05, 3.63) is 27.7 Å². The van der Waals surface area contributed by atoms with Gasteiger partial charge in [-0.1, -0.05) is 0 Å². The average Bonchev–Trinajstić information content (AvgIpc) is 3.26. The van der Waals surface area contributed by atoms with Crippen LogP contribution in [-0.2, 0) is 11.2 Å². The lowest BCUT2D eigenvalue weighted by Crippen LogP contribution is -2.41. The second kappa shape index (κ2) is 9.00. The van der Waals surface area contributed by atoms with Crippen LogP contribution in [-0.4, -0.2) is 35.5 Å². The lowest BCUT2D eigenvalue weighted by molar-refractivity contribution is -0.125. The molecule has 0 saturated carbocycles. The summed E-state index contributed by atoms with van der Waals surface area (Å²) in [5.74, 6) is 1.19. The number of nitriles is 1. The van der Waals surface area contributed by atoms with E-state index < -0.39 is 0 Å². The van der Waals surface area contributed by atoms with Crippen molar-refractivity contribution in [2.75, 3.05) is 24.5 Å². The Kier molecular flexibility index (Phi) is 6.45. The quantitative estimate of drug-likeness (QED) is 0.734. The second-order valence-electron chi connectivity index (χ2n) is 6.89. The Bertz CT molecular complexity index is 814. The Balaban J connectivity index is 1.36. The van der Waals surface area contributed by atoms with Gasteiger partial charge in [0, 0.05) is 43.5 Å². The molecule has 27 heavy (non-hydrogen) atoms. The molecule has 3 rings (SSSR count). The maximum absolute atomic E-state index is 12.4. The molecule has 8 heteroatoms. The van der Waals surface area contributed by atoms with Crippen molar-refractivity contribution in [2.45, 2.75) is 46.0 Å². The molecule has 0 bridgehead atoms. The number of rotatable bonds is 7. The summed E-state index contributed by atoms with van der Waals surface area (Å²) in [6, 6.07) is 2.07. The normalized spacial score (nSPS) is 14.9. The van der Waals surface area contributed by atoms with Gasteiger partial charge in [-0.15, -0.1) is 11.3 Å². The number of nitrogens with zero attached hydrogens (tertiary/aromatic N) is 4. The van der Waals surface area contributed by atoms with E-state index in [-0.39, 0.29) is 11.8 Å². The number of nitrogens with one attached hydrogen (secondary N) is 1. The summed E-state index contributed by atoms with van der Waals surface area (Å²) in [5, 5.41) is 15.5. The summed E-state index contributed by atoms with van der Waals surface area (Å²) >= 11 is 1.70. The zero-order chi connectivity index (χ0) is 19.2. The molecule has 1 fully saturated rings. The zero-order valence-electron chi connectivity index (χ0n) is 15.8. The summed E-state index contributed by atoms with van der Waals surface area (Å²) < 4.78 is 5.56. The molecule has 0 aliphatic carbocycles. The number of aromatic nitrogens is 2. The smallest absolute Gasteiger partial charge is 0.234 e.